The number of hydrogen-bond donors (Lipinski definition) is 0. The molecule has 2 aliphatic rings. The Hall–Kier alpha value is -2.36. The van der Waals surface area contributed by atoms with Crippen molar-refractivity contribution < 1.29 is 4.79 Å². The van der Waals surface area contributed by atoms with Gasteiger partial charge in [0.15, 0.2) is 0 Å². The van der Waals surface area contributed by atoms with E-state index in [1.54, 1.807) is 0 Å². The number of fused-ring (bicyclic) bond motifs is 1. The Morgan fingerprint density at radius 2 is 1.91 bits per heavy atom. The van der Waals surface area contributed by atoms with Gasteiger partial charge in [0.1, 0.15) is 6.04 Å². The topological polar surface area (TPSA) is 36.4 Å². The lowest BCUT2D eigenvalue weighted by molar-refractivity contribution is -0.127. The Balaban J connectivity index is 0.000000188. The Morgan fingerprint density at radius 1 is 1.13 bits per heavy atom. The van der Waals surface area contributed by atoms with Crippen LogP contribution >= 0.6 is 0 Å². The number of carbonyl (C=O) groups is 1. The summed E-state index contributed by atoms with van der Waals surface area (Å²) < 4.78 is 0. The van der Waals surface area contributed by atoms with Crippen LogP contribution in [0.2, 0.25) is 0 Å². The van der Waals surface area contributed by atoms with Gasteiger partial charge >= 0.3 is 0 Å². The van der Waals surface area contributed by atoms with Gasteiger partial charge in [-0.3, -0.25) is 9.78 Å². The molecular formula is C19H23N3O. The molecule has 4 heteroatoms. The van der Waals surface area contributed by atoms with Crippen LogP contribution in [0.15, 0.2) is 48.8 Å². The zero-order chi connectivity index (χ0) is 16.2. The highest BCUT2D eigenvalue weighted by Crippen LogP contribution is 2.31. The molecular weight excluding hydrogens is 286 g/mol. The van der Waals surface area contributed by atoms with E-state index in [2.05, 4.69) is 35.0 Å². The molecule has 23 heavy (non-hydrogen) atoms. The Bertz CT molecular complexity index is 671. The second-order valence-electron chi connectivity index (χ2n) is 6.17. The normalized spacial score (nSPS) is 19.4. The maximum atomic E-state index is 12.0. The first kappa shape index (κ1) is 15.5. The van der Waals surface area contributed by atoms with Gasteiger partial charge in [0.25, 0.3) is 0 Å². The number of benzene rings is 1. The minimum absolute atomic E-state index is 0.0375. The monoisotopic (exact) mass is 309 g/mol. The van der Waals surface area contributed by atoms with Crippen molar-refractivity contribution >= 4 is 11.6 Å². The van der Waals surface area contributed by atoms with Gasteiger partial charge in [-0.05, 0) is 31.4 Å². The van der Waals surface area contributed by atoms with Gasteiger partial charge in [-0.25, -0.2) is 0 Å². The number of amides is 1. The maximum absolute atomic E-state index is 12.0. The fourth-order valence-corrected chi connectivity index (χ4v) is 3.20. The number of rotatable bonds is 1. The van der Waals surface area contributed by atoms with E-state index >= 15 is 0 Å². The van der Waals surface area contributed by atoms with Gasteiger partial charge in [-0.2, -0.15) is 0 Å². The molecule has 2 aromatic rings. The van der Waals surface area contributed by atoms with Gasteiger partial charge in [0.05, 0.1) is 11.9 Å². The highest BCUT2D eigenvalue weighted by atomic mass is 16.2. The minimum atomic E-state index is 0.0375. The van der Waals surface area contributed by atoms with Crippen molar-refractivity contribution in [3.63, 3.8) is 0 Å². The molecule has 0 saturated carbocycles. The molecule has 1 aromatic carbocycles. The molecule has 1 aromatic heterocycles. The van der Waals surface area contributed by atoms with Crippen molar-refractivity contribution in [3.8, 4) is 0 Å². The number of anilines is 1. The zero-order valence-corrected chi connectivity index (χ0v) is 13.8. The molecule has 1 saturated heterocycles. The second kappa shape index (κ2) is 6.82. The molecule has 0 N–H and O–H groups in total. The van der Waals surface area contributed by atoms with Gasteiger partial charge < -0.3 is 9.80 Å². The summed E-state index contributed by atoms with van der Waals surface area (Å²) in [5, 5.41) is 0. The number of carbonyl (C=O) groups excluding carboxylic acids is 1. The predicted molar refractivity (Wildman–Crippen MR) is 92.5 cm³/mol. The largest absolute Gasteiger partial charge is 0.358 e. The number of likely N-dealkylation sites (tertiary alicyclic amines) is 1. The Morgan fingerprint density at radius 3 is 2.52 bits per heavy atom. The summed E-state index contributed by atoms with van der Waals surface area (Å²) in [4.78, 5) is 20.2. The van der Waals surface area contributed by atoms with Crippen LogP contribution in [0.25, 0.3) is 0 Å². The first-order valence-electron chi connectivity index (χ1n) is 8.13. The Labute approximate surface area is 137 Å². The summed E-state index contributed by atoms with van der Waals surface area (Å²) in [6.07, 6.45) is 5.67. The molecule has 1 atom stereocenters. The summed E-state index contributed by atoms with van der Waals surface area (Å²) >= 11 is 0. The average Bonchev–Trinajstić information content (AvgIpc) is 3.13. The standard InChI is InChI=1S/C12H15N3O.C7H8/c1-14-6-4-10(12(14)16)15-7-3-9-2-5-13-8-11(9)15;1-7-5-3-2-4-6-7/h2,5,8,10H,3-4,6-7H2,1H3;2-6H,1H3. The highest BCUT2D eigenvalue weighted by Gasteiger charge is 2.36. The number of likely N-dealkylation sites (N-methyl/N-ethyl adjacent to an activating group) is 1. The molecule has 4 rings (SSSR count). The van der Waals surface area contributed by atoms with Crippen LogP contribution in [-0.2, 0) is 11.2 Å². The van der Waals surface area contributed by atoms with Crippen molar-refractivity contribution in [1.29, 1.82) is 0 Å². The molecule has 1 unspecified atom stereocenters. The molecule has 1 amide bonds. The van der Waals surface area contributed by atoms with E-state index in [-0.39, 0.29) is 11.9 Å². The van der Waals surface area contributed by atoms with Crippen LogP contribution in [0.4, 0.5) is 5.69 Å². The van der Waals surface area contributed by atoms with Crippen LogP contribution in [0.5, 0.6) is 0 Å². The van der Waals surface area contributed by atoms with Crippen molar-refractivity contribution in [3.05, 3.63) is 59.9 Å². The van der Waals surface area contributed by atoms with Crippen LogP contribution < -0.4 is 4.90 Å². The molecule has 120 valence electrons. The average molecular weight is 309 g/mol. The lowest BCUT2D eigenvalue weighted by Gasteiger charge is -2.24. The smallest absolute Gasteiger partial charge is 0.245 e. The Kier molecular flexibility index (Phi) is 4.60. The van der Waals surface area contributed by atoms with E-state index in [4.69, 9.17) is 0 Å². The number of nitrogens with zero attached hydrogens (tertiary/aromatic N) is 3. The number of pyridine rings is 1. The first-order chi connectivity index (χ1) is 11.2. The summed E-state index contributed by atoms with van der Waals surface area (Å²) in [5.74, 6) is 0.247. The van der Waals surface area contributed by atoms with Crippen molar-refractivity contribution in [2.24, 2.45) is 0 Å². The summed E-state index contributed by atoms with van der Waals surface area (Å²) in [7, 11) is 1.88. The first-order valence-corrected chi connectivity index (χ1v) is 8.13. The number of hydrogen-bond acceptors (Lipinski definition) is 3. The summed E-state index contributed by atoms with van der Waals surface area (Å²) in [6.45, 7) is 3.90. The zero-order valence-electron chi connectivity index (χ0n) is 13.8. The maximum Gasteiger partial charge on any atom is 0.245 e. The quantitative estimate of drug-likeness (QED) is 0.812. The van der Waals surface area contributed by atoms with Crippen LogP contribution in [-0.4, -0.2) is 42.0 Å². The number of aryl methyl sites for hydroxylation is 1. The van der Waals surface area contributed by atoms with E-state index < -0.39 is 0 Å². The third-order valence-corrected chi connectivity index (χ3v) is 4.53. The molecule has 0 radical (unpaired) electrons. The second-order valence-corrected chi connectivity index (χ2v) is 6.17. The SMILES string of the molecule is CN1CCC(N2CCc3ccncc32)C1=O.Cc1ccccc1. The van der Waals surface area contributed by atoms with Gasteiger partial charge in [0.2, 0.25) is 5.91 Å². The van der Waals surface area contributed by atoms with E-state index in [1.807, 2.05) is 42.5 Å². The molecule has 0 aliphatic carbocycles. The van der Waals surface area contributed by atoms with Crippen LogP contribution in [0, 0.1) is 6.92 Å². The fraction of sp³-hybridized carbons (Fsp3) is 0.368. The van der Waals surface area contributed by atoms with Crippen molar-refractivity contribution in [1.82, 2.24) is 9.88 Å². The third kappa shape index (κ3) is 3.36. The minimum Gasteiger partial charge on any atom is -0.358 e. The van der Waals surface area contributed by atoms with E-state index in [0.29, 0.717) is 0 Å². The lowest BCUT2D eigenvalue weighted by atomic mass is 10.2. The van der Waals surface area contributed by atoms with Gasteiger partial charge in [-0.15, -0.1) is 0 Å². The highest BCUT2D eigenvalue weighted by molar-refractivity contribution is 5.87. The predicted octanol–water partition coefficient (Wildman–Crippen LogP) is 2.67. The van der Waals surface area contributed by atoms with E-state index in [1.165, 1.54) is 11.1 Å². The third-order valence-electron chi connectivity index (χ3n) is 4.53. The van der Waals surface area contributed by atoms with Gasteiger partial charge in [-0.1, -0.05) is 35.9 Å². The van der Waals surface area contributed by atoms with Crippen molar-refractivity contribution in [2.75, 3.05) is 25.0 Å². The molecule has 4 nitrogen and oxygen atoms in total. The van der Waals surface area contributed by atoms with Crippen molar-refractivity contribution in [2.45, 2.75) is 25.8 Å². The number of aromatic nitrogens is 1. The molecule has 1 fully saturated rings. The summed E-state index contributed by atoms with van der Waals surface area (Å²) in [5.41, 5.74) is 3.79. The summed E-state index contributed by atoms with van der Waals surface area (Å²) in [6, 6.07) is 12.4. The molecule has 0 bridgehead atoms. The molecule has 0 spiro atoms. The van der Waals surface area contributed by atoms with E-state index in [0.717, 1.165) is 31.6 Å². The van der Waals surface area contributed by atoms with Crippen LogP contribution in [0.1, 0.15) is 17.5 Å². The fourth-order valence-electron chi connectivity index (χ4n) is 3.20. The van der Waals surface area contributed by atoms with Crippen LogP contribution in [0.3, 0.4) is 0 Å². The van der Waals surface area contributed by atoms with E-state index in [9.17, 15) is 4.79 Å². The lowest BCUT2D eigenvalue weighted by Crippen LogP contribution is -2.40. The molecule has 2 aliphatic heterocycles. The van der Waals surface area contributed by atoms with Gasteiger partial charge in [0, 0.05) is 26.3 Å². The molecule has 3 heterocycles.